The monoisotopic (exact) mass is 389 g/mol. The van der Waals surface area contributed by atoms with E-state index in [1.807, 2.05) is 77.7 Å². The van der Waals surface area contributed by atoms with E-state index in [9.17, 15) is 9.59 Å². The Hall–Kier alpha value is -2.92. The van der Waals surface area contributed by atoms with Gasteiger partial charge in [-0.05, 0) is 18.1 Å². The van der Waals surface area contributed by atoms with Crippen LogP contribution in [0.4, 0.5) is 0 Å². The minimum atomic E-state index is -0.749. The van der Waals surface area contributed by atoms with Gasteiger partial charge in [0, 0.05) is 0 Å². The van der Waals surface area contributed by atoms with Crippen molar-refractivity contribution in [3.05, 3.63) is 83.9 Å². The van der Waals surface area contributed by atoms with Crippen LogP contribution >= 0.6 is 0 Å². The molecule has 1 spiro atoms. The third-order valence-electron chi connectivity index (χ3n) is 6.23. The summed E-state index contributed by atoms with van der Waals surface area (Å²) in [5.41, 5.74) is 1.32. The molecule has 2 aromatic rings. The first kappa shape index (κ1) is 18.1. The maximum Gasteiger partial charge on any atom is 0.312 e. The summed E-state index contributed by atoms with van der Waals surface area (Å²) in [6.07, 6.45) is 3.51. The third-order valence-corrected chi connectivity index (χ3v) is 6.23. The van der Waals surface area contributed by atoms with E-state index in [-0.39, 0.29) is 24.0 Å². The van der Waals surface area contributed by atoms with Crippen LogP contribution in [0.5, 0.6) is 0 Å². The van der Waals surface area contributed by atoms with Gasteiger partial charge in [0.1, 0.15) is 11.5 Å². The first-order valence-corrected chi connectivity index (χ1v) is 10.1. The van der Waals surface area contributed by atoms with Gasteiger partial charge in [0.25, 0.3) is 0 Å². The standard InChI is InChI=1S/C24H23NO4/c1-2-28-23(27)19-18-13-14-24(29-18)15-25(22(26)20(19)24)21(16-9-5-3-6-10-16)17-11-7-4-8-12-17/h3-14,18-21H,2,15H2,1H3/t18-,19+,20-,24+/m0/s1. The Morgan fingerprint density at radius 1 is 1.14 bits per heavy atom. The number of nitrogens with zero attached hydrogens (tertiary/aromatic N) is 1. The minimum Gasteiger partial charge on any atom is -0.466 e. The summed E-state index contributed by atoms with van der Waals surface area (Å²) in [7, 11) is 0. The molecule has 3 aliphatic heterocycles. The fourth-order valence-corrected chi connectivity index (χ4v) is 5.08. The number of hydrogen-bond acceptors (Lipinski definition) is 4. The molecule has 2 bridgehead atoms. The molecule has 5 heteroatoms. The Kier molecular flexibility index (Phi) is 4.28. The highest BCUT2D eigenvalue weighted by atomic mass is 16.6. The number of hydrogen-bond donors (Lipinski definition) is 0. The van der Waals surface area contributed by atoms with Gasteiger partial charge in [-0.3, -0.25) is 9.59 Å². The summed E-state index contributed by atoms with van der Waals surface area (Å²) < 4.78 is 11.5. The second kappa shape index (κ2) is 6.85. The highest BCUT2D eigenvalue weighted by Gasteiger charge is 2.68. The van der Waals surface area contributed by atoms with Gasteiger partial charge in [0.15, 0.2) is 0 Å². The number of fused-ring (bicyclic) bond motifs is 1. The smallest absolute Gasteiger partial charge is 0.312 e. The van der Waals surface area contributed by atoms with Crippen molar-refractivity contribution in [2.75, 3.05) is 13.2 Å². The van der Waals surface area contributed by atoms with Crippen LogP contribution in [0, 0.1) is 11.8 Å². The lowest BCUT2D eigenvalue weighted by Gasteiger charge is -2.31. The molecule has 3 heterocycles. The molecule has 1 amide bonds. The van der Waals surface area contributed by atoms with Gasteiger partial charge in [-0.25, -0.2) is 0 Å². The molecule has 0 unspecified atom stereocenters. The Balaban J connectivity index is 1.55. The molecule has 3 aliphatic rings. The number of esters is 1. The zero-order chi connectivity index (χ0) is 20.0. The maximum absolute atomic E-state index is 13.7. The Morgan fingerprint density at radius 3 is 2.34 bits per heavy atom. The number of rotatable bonds is 5. The second-order valence-corrected chi connectivity index (χ2v) is 7.84. The van der Waals surface area contributed by atoms with Crippen molar-refractivity contribution in [2.24, 2.45) is 11.8 Å². The van der Waals surface area contributed by atoms with Crippen LogP contribution in [0.2, 0.25) is 0 Å². The molecule has 0 N–H and O–H groups in total. The van der Waals surface area contributed by atoms with Crippen molar-refractivity contribution < 1.29 is 19.1 Å². The SMILES string of the molecule is CCOC(=O)[C@@H]1[C@@H]2C=C[C@]3(CN(C(c4ccccc4)c4ccccc4)C(=O)[C@H]13)O2. The van der Waals surface area contributed by atoms with E-state index in [1.54, 1.807) is 6.92 Å². The number of ether oxygens (including phenoxy) is 2. The molecule has 2 aromatic carbocycles. The number of amides is 1. The third kappa shape index (κ3) is 2.72. The van der Waals surface area contributed by atoms with Crippen LogP contribution in [0.1, 0.15) is 24.1 Å². The fourth-order valence-electron chi connectivity index (χ4n) is 5.08. The van der Waals surface area contributed by atoms with Gasteiger partial charge in [-0.1, -0.05) is 72.8 Å². The lowest BCUT2D eigenvalue weighted by atomic mass is 9.77. The van der Waals surface area contributed by atoms with E-state index in [0.717, 1.165) is 11.1 Å². The van der Waals surface area contributed by atoms with E-state index in [0.29, 0.717) is 13.2 Å². The van der Waals surface area contributed by atoms with E-state index >= 15 is 0 Å². The van der Waals surface area contributed by atoms with E-state index < -0.39 is 17.4 Å². The highest BCUT2D eigenvalue weighted by Crippen LogP contribution is 2.54. The fraction of sp³-hybridized carbons (Fsp3) is 0.333. The molecular formula is C24H23NO4. The minimum absolute atomic E-state index is 0.0485. The van der Waals surface area contributed by atoms with Crippen molar-refractivity contribution in [3.8, 4) is 0 Å². The molecule has 29 heavy (non-hydrogen) atoms. The molecule has 5 rings (SSSR count). The van der Waals surface area contributed by atoms with Crippen LogP contribution in [0.25, 0.3) is 0 Å². The van der Waals surface area contributed by atoms with Gasteiger partial charge in [-0.2, -0.15) is 0 Å². The maximum atomic E-state index is 13.7. The number of carbonyl (C=O) groups is 2. The van der Waals surface area contributed by atoms with E-state index in [2.05, 4.69) is 0 Å². The van der Waals surface area contributed by atoms with Gasteiger partial charge in [0.2, 0.25) is 5.91 Å². The molecule has 0 radical (unpaired) electrons. The van der Waals surface area contributed by atoms with Gasteiger partial charge in [-0.15, -0.1) is 0 Å². The molecule has 2 fully saturated rings. The number of carbonyl (C=O) groups excluding carboxylic acids is 2. The number of benzene rings is 2. The summed E-state index contributed by atoms with van der Waals surface area (Å²) >= 11 is 0. The largest absolute Gasteiger partial charge is 0.466 e. The van der Waals surface area contributed by atoms with Crippen LogP contribution in [0.15, 0.2) is 72.8 Å². The Bertz CT molecular complexity index is 918. The second-order valence-electron chi connectivity index (χ2n) is 7.84. The van der Waals surface area contributed by atoms with Gasteiger partial charge < -0.3 is 14.4 Å². The predicted molar refractivity (Wildman–Crippen MR) is 107 cm³/mol. The highest BCUT2D eigenvalue weighted by molar-refractivity contribution is 5.91. The summed E-state index contributed by atoms with van der Waals surface area (Å²) in [5, 5.41) is 0. The molecular weight excluding hydrogens is 366 g/mol. The van der Waals surface area contributed by atoms with Crippen LogP contribution in [-0.4, -0.2) is 41.6 Å². The lowest BCUT2D eigenvalue weighted by molar-refractivity contribution is -0.153. The summed E-state index contributed by atoms with van der Waals surface area (Å²) in [4.78, 5) is 28.2. The zero-order valence-electron chi connectivity index (χ0n) is 16.2. The van der Waals surface area contributed by atoms with Crippen LogP contribution in [0.3, 0.4) is 0 Å². The molecule has 5 nitrogen and oxygen atoms in total. The summed E-state index contributed by atoms with van der Waals surface area (Å²) in [6, 6.07) is 19.8. The normalized spacial score (nSPS) is 29.5. The molecule has 0 aromatic heterocycles. The lowest BCUT2D eigenvalue weighted by Crippen LogP contribution is -2.40. The van der Waals surface area contributed by atoms with E-state index in [4.69, 9.17) is 9.47 Å². The summed E-state index contributed by atoms with van der Waals surface area (Å²) in [5.74, 6) is -1.51. The van der Waals surface area contributed by atoms with Crippen LogP contribution in [-0.2, 0) is 19.1 Å². The molecule has 0 saturated carbocycles. The van der Waals surface area contributed by atoms with Gasteiger partial charge in [0.05, 0.1) is 31.2 Å². The molecule has 4 atom stereocenters. The number of likely N-dealkylation sites (tertiary alicyclic amines) is 1. The van der Waals surface area contributed by atoms with Crippen molar-refractivity contribution >= 4 is 11.9 Å². The molecule has 2 saturated heterocycles. The van der Waals surface area contributed by atoms with Crippen molar-refractivity contribution in [1.82, 2.24) is 4.90 Å². The first-order chi connectivity index (χ1) is 14.1. The molecule has 0 aliphatic carbocycles. The van der Waals surface area contributed by atoms with Crippen molar-refractivity contribution in [2.45, 2.75) is 24.7 Å². The van der Waals surface area contributed by atoms with Crippen molar-refractivity contribution in [3.63, 3.8) is 0 Å². The quantitative estimate of drug-likeness (QED) is 0.582. The Morgan fingerprint density at radius 2 is 1.76 bits per heavy atom. The average molecular weight is 389 g/mol. The first-order valence-electron chi connectivity index (χ1n) is 10.1. The Labute approximate surface area is 169 Å². The predicted octanol–water partition coefficient (Wildman–Crippen LogP) is 3.12. The summed E-state index contributed by atoms with van der Waals surface area (Å²) in [6.45, 7) is 2.50. The van der Waals surface area contributed by atoms with E-state index in [1.165, 1.54) is 0 Å². The van der Waals surface area contributed by atoms with Gasteiger partial charge >= 0.3 is 5.97 Å². The average Bonchev–Trinajstić information content (AvgIpc) is 3.39. The zero-order valence-corrected chi connectivity index (χ0v) is 16.2. The van der Waals surface area contributed by atoms with Crippen molar-refractivity contribution in [1.29, 1.82) is 0 Å². The topological polar surface area (TPSA) is 55.8 Å². The van der Waals surface area contributed by atoms with Crippen LogP contribution < -0.4 is 0 Å². The molecule has 148 valence electrons.